The van der Waals surface area contributed by atoms with Crippen LogP contribution in [0.1, 0.15) is 31.9 Å². The Balaban J connectivity index is 2.08. The van der Waals surface area contributed by atoms with Gasteiger partial charge in [-0.3, -0.25) is 0 Å². The van der Waals surface area contributed by atoms with Crippen molar-refractivity contribution in [1.29, 1.82) is 0 Å². The number of ether oxygens (including phenoxy) is 2. The molecule has 0 aromatic heterocycles. The van der Waals surface area contributed by atoms with Gasteiger partial charge in [-0.1, -0.05) is 37.9 Å². The summed E-state index contributed by atoms with van der Waals surface area (Å²) in [5.74, 6) is 0.873. The van der Waals surface area contributed by atoms with Crippen molar-refractivity contribution in [2.45, 2.75) is 32.5 Å². The van der Waals surface area contributed by atoms with E-state index >= 15 is 0 Å². The standard InChI is InChI=1S/C14H19ClO3/c1-3-9(2)14(16)10-4-5-13(12(15)6-10)18-11-7-17-8-11/h4-6,9,11,14,16H,3,7-8H2,1-2H3/t9-,14?/m1/s1. The third-order valence-corrected chi connectivity index (χ3v) is 3.68. The summed E-state index contributed by atoms with van der Waals surface area (Å²) in [7, 11) is 0. The summed E-state index contributed by atoms with van der Waals surface area (Å²) in [6.07, 6.45) is 0.553. The van der Waals surface area contributed by atoms with Gasteiger partial charge >= 0.3 is 0 Å². The van der Waals surface area contributed by atoms with Crippen LogP contribution in [0.2, 0.25) is 5.02 Å². The van der Waals surface area contributed by atoms with Crippen LogP contribution in [0.3, 0.4) is 0 Å². The minimum atomic E-state index is -0.478. The summed E-state index contributed by atoms with van der Waals surface area (Å²) in [5.41, 5.74) is 0.839. The Hall–Kier alpha value is -0.770. The molecule has 1 N–H and O–H groups in total. The first-order valence-electron chi connectivity index (χ1n) is 6.33. The molecular weight excluding hydrogens is 252 g/mol. The largest absolute Gasteiger partial charge is 0.484 e. The second-order valence-corrected chi connectivity index (χ2v) is 5.20. The highest BCUT2D eigenvalue weighted by Crippen LogP contribution is 2.32. The molecule has 2 rings (SSSR count). The summed E-state index contributed by atoms with van der Waals surface area (Å²) in [6, 6.07) is 5.48. The smallest absolute Gasteiger partial charge is 0.145 e. The quantitative estimate of drug-likeness (QED) is 0.893. The lowest BCUT2D eigenvalue weighted by atomic mass is 9.95. The number of halogens is 1. The van der Waals surface area contributed by atoms with Gasteiger partial charge in [0.1, 0.15) is 11.9 Å². The average molecular weight is 271 g/mol. The molecule has 4 heteroatoms. The molecule has 1 fully saturated rings. The van der Waals surface area contributed by atoms with Gasteiger partial charge in [-0.15, -0.1) is 0 Å². The van der Waals surface area contributed by atoms with Crippen LogP contribution in [-0.4, -0.2) is 24.4 Å². The highest BCUT2D eigenvalue weighted by Gasteiger charge is 2.22. The van der Waals surface area contributed by atoms with Gasteiger partial charge in [0.25, 0.3) is 0 Å². The Kier molecular flexibility index (Phi) is 4.49. The number of aliphatic hydroxyl groups excluding tert-OH is 1. The van der Waals surface area contributed by atoms with E-state index in [0.717, 1.165) is 12.0 Å². The van der Waals surface area contributed by atoms with Gasteiger partial charge in [0.15, 0.2) is 0 Å². The van der Waals surface area contributed by atoms with E-state index in [0.29, 0.717) is 24.0 Å². The minimum Gasteiger partial charge on any atom is -0.484 e. The Labute approximate surface area is 113 Å². The molecule has 1 aliphatic rings. The minimum absolute atomic E-state index is 0.104. The molecule has 3 nitrogen and oxygen atoms in total. The molecule has 2 atom stereocenters. The first-order chi connectivity index (χ1) is 8.61. The van der Waals surface area contributed by atoms with Gasteiger partial charge in [-0.2, -0.15) is 0 Å². The van der Waals surface area contributed by atoms with Crippen LogP contribution in [0.4, 0.5) is 0 Å². The lowest BCUT2D eigenvalue weighted by molar-refractivity contribution is -0.0796. The van der Waals surface area contributed by atoms with E-state index in [-0.39, 0.29) is 12.0 Å². The fraction of sp³-hybridized carbons (Fsp3) is 0.571. The van der Waals surface area contributed by atoms with Crippen LogP contribution < -0.4 is 4.74 Å². The van der Waals surface area contributed by atoms with Gasteiger partial charge in [-0.05, 0) is 23.6 Å². The summed E-state index contributed by atoms with van der Waals surface area (Å²) < 4.78 is 10.7. The van der Waals surface area contributed by atoms with E-state index in [1.165, 1.54) is 0 Å². The van der Waals surface area contributed by atoms with E-state index in [9.17, 15) is 5.11 Å². The van der Waals surface area contributed by atoms with Crippen molar-refractivity contribution in [1.82, 2.24) is 0 Å². The second kappa shape index (κ2) is 5.91. The Morgan fingerprint density at radius 3 is 2.72 bits per heavy atom. The third kappa shape index (κ3) is 2.97. The topological polar surface area (TPSA) is 38.7 Å². The Morgan fingerprint density at radius 1 is 1.50 bits per heavy atom. The number of aliphatic hydroxyl groups is 1. The van der Waals surface area contributed by atoms with Crippen molar-refractivity contribution < 1.29 is 14.6 Å². The molecule has 1 heterocycles. The molecule has 0 amide bonds. The zero-order valence-electron chi connectivity index (χ0n) is 10.7. The Bertz CT molecular complexity index is 404. The molecule has 0 spiro atoms. The number of hydrogen-bond donors (Lipinski definition) is 1. The molecular formula is C14H19ClO3. The number of rotatable bonds is 5. The van der Waals surface area contributed by atoms with Crippen molar-refractivity contribution in [2.75, 3.05) is 13.2 Å². The van der Waals surface area contributed by atoms with Crippen molar-refractivity contribution in [2.24, 2.45) is 5.92 Å². The van der Waals surface area contributed by atoms with E-state index in [1.54, 1.807) is 6.07 Å². The van der Waals surface area contributed by atoms with Crippen LogP contribution in [0, 0.1) is 5.92 Å². The molecule has 1 saturated heterocycles. The summed E-state index contributed by atoms with van der Waals surface area (Å²) in [6.45, 7) is 5.32. The molecule has 0 aliphatic carbocycles. The van der Waals surface area contributed by atoms with Crippen LogP contribution in [0.15, 0.2) is 18.2 Å². The lowest BCUT2D eigenvalue weighted by Crippen LogP contribution is -2.38. The van der Waals surface area contributed by atoms with E-state index in [4.69, 9.17) is 21.1 Å². The molecule has 1 unspecified atom stereocenters. The fourth-order valence-corrected chi connectivity index (χ4v) is 2.04. The van der Waals surface area contributed by atoms with Crippen molar-refractivity contribution in [3.63, 3.8) is 0 Å². The summed E-state index contributed by atoms with van der Waals surface area (Å²) >= 11 is 6.17. The zero-order valence-corrected chi connectivity index (χ0v) is 11.5. The second-order valence-electron chi connectivity index (χ2n) is 4.80. The maximum Gasteiger partial charge on any atom is 0.145 e. The van der Waals surface area contributed by atoms with E-state index < -0.39 is 6.10 Å². The van der Waals surface area contributed by atoms with Crippen LogP contribution in [0.25, 0.3) is 0 Å². The van der Waals surface area contributed by atoms with Crippen molar-refractivity contribution in [3.05, 3.63) is 28.8 Å². The van der Waals surface area contributed by atoms with Crippen LogP contribution in [0.5, 0.6) is 5.75 Å². The molecule has 0 radical (unpaired) electrons. The highest BCUT2D eigenvalue weighted by atomic mass is 35.5. The van der Waals surface area contributed by atoms with Crippen molar-refractivity contribution in [3.8, 4) is 5.75 Å². The van der Waals surface area contributed by atoms with Gasteiger partial charge in [-0.25, -0.2) is 0 Å². The SMILES string of the molecule is CC[C@@H](C)C(O)c1ccc(OC2COC2)c(Cl)c1. The molecule has 0 bridgehead atoms. The first-order valence-corrected chi connectivity index (χ1v) is 6.71. The zero-order chi connectivity index (χ0) is 13.1. The average Bonchev–Trinajstić information content (AvgIpc) is 2.33. The monoisotopic (exact) mass is 270 g/mol. The van der Waals surface area contributed by atoms with Gasteiger partial charge in [0, 0.05) is 0 Å². The Morgan fingerprint density at radius 2 is 2.22 bits per heavy atom. The van der Waals surface area contributed by atoms with Gasteiger partial charge in [0.05, 0.1) is 24.3 Å². The predicted octanol–water partition coefficient (Wildman–Crippen LogP) is 3.20. The molecule has 1 aromatic carbocycles. The number of hydrogen-bond acceptors (Lipinski definition) is 3. The van der Waals surface area contributed by atoms with E-state index in [2.05, 4.69) is 6.92 Å². The fourth-order valence-electron chi connectivity index (χ4n) is 1.81. The van der Waals surface area contributed by atoms with Gasteiger partial charge < -0.3 is 14.6 Å². The van der Waals surface area contributed by atoms with Crippen molar-refractivity contribution >= 4 is 11.6 Å². The number of benzene rings is 1. The molecule has 0 saturated carbocycles. The lowest BCUT2D eigenvalue weighted by Gasteiger charge is -2.27. The van der Waals surface area contributed by atoms with Crippen LogP contribution in [-0.2, 0) is 4.74 Å². The molecule has 100 valence electrons. The van der Waals surface area contributed by atoms with Gasteiger partial charge in [0.2, 0.25) is 0 Å². The first kappa shape index (κ1) is 13.7. The molecule has 1 aliphatic heterocycles. The summed E-state index contributed by atoms with van der Waals surface area (Å²) in [5, 5.41) is 10.7. The normalized spacial score (nSPS) is 19.1. The molecule has 1 aromatic rings. The van der Waals surface area contributed by atoms with Crippen LogP contribution >= 0.6 is 11.6 Å². The van der Waals surface area contributed by atoms with E-state index in [1.807, 2.05) is 19.1 Å². The third-order valence-electron chi connectivity index (χ3n) is 3.38. The summed E-state index contributed by atoms with van der Waals surface area (Å²) in [4.78, 5) is 0. The predicted molar refractivity (Wildman–Crippen MR) is 71.1 cm³/mol. The highest BCUT2D eigenvalue weighted by molar-refractivity contribution is 6.32. The molecule has 18 heavy (non-hydrogen) atoms. The maximum atomic E-state index is 10.1. The maximum absolute atomic E-state index is 10.1.